The van der Waals surface area contributed by atoms with Gasteiger partial charge in [-0.1, -0.05) is 24.3 Å². The fraction of sp³-hybridized carbons (Fsp3) is 0.474. The Morgan fingerprint density at radius 2 is 2.00 bits per heavy atom. The van der Waals surface area contributed by atoms with Gasteiger partial charge in [0.25, 0.3) is 0 Å². The summed E-state index contributed by atoms with van der Waals surface area (Å²) in [4.78, 5) is 24.5. The Bertz CT molecular complexity index is 749. The van der Waals surface area contributed by atoms with Crippen molar-refractivity contribution in [2.75, 3.05) is 26.2 Å². The van der Waals surface area contributed by atoms with E-state index in [1.54, 1.807) is 36.4 Å². The predicted molar refractivity (Wildman–Crippen MR) is 103 cm³/mol. The molecule has 1 aromatic carbocycles. The minimum atomic E-state index is -3.68. The van der Waals surface area contributed by atoms with Crippen LogP contribution in [0.5, 0.6) is 0 Å². The Labute approximate surface area is 160 Å². The van der Waals surface area contributed by atoms with Crippen LogP contribution >= 0.6 is 0 Å². The Balaban J connectivity index is 2.13. The largest absolute Gasteiger partial charge is 0.356 e. The van der Waals surface area contributed by atoms with Crippen LogP contribution in [0.2, 0.25) is 0 Å². The van der Waals surface area contributed by atoms with E-state index in [0.717, 1.165) is 0 Å². The molecule has 2 N–H and O–H groups in total. The van der Waals surface area contributed by atoms with E-state index in [1.807, 2.05) is 0 Å². The van der Waals surface area contributed by atoms with Crippen LogP contribution in [0, 0.1) is 5.92 Å². The third-order valence-corrected chi connectivity index (χ3v) is 6.45. The molecule has 8 heteroatoms. The van der Waals surface area contributed by atoms with Crippen molar-refractivity contribution in [2.24, 2.45) is 5.92 Å². The number of nitrogens with zero attached hydrogens (tertiary/aromatic N) is 1. The van der Waals surface area contributed by atoms with E-state index >= 15 is 0 Å². The quantitative estimate of drug-likeness (QED) is 0.737. The summed E-state index contributed by atoms with van der Waals surface area (Å²) >= 11 is 0. The number of hydrogen-bond donors (Lipinski definition) is 2. The van der Waals surface area contributed by atoms with Gasteiger partial charge in [-0.25, -0.2) is 8.42 Å². The highest BCUT2D eigenvalue weighted by atomic mass is 32.2. The first-order valence-corrected chi connectivity index (χ1v) is 10.6. The lowest BCUT2D eigenvalue weighted by atomic mass is 9.98. The van der Waals surface area contributed by atoms with Crippen LogP contribution in [-0.2, 0) is 19.6 Å². The predicted octanol–water partition coefficient (Wildman–Crippen LogP) is 1.29. The smallest absolute Gasteiger partial charge is 0.243 e. The van der Waals surface area contributed by atoms with Crippen molar-refractivity contribution < 1.29 is 18.0 Å². The Morgan fingerprint density at radius 3 is 2.70 bits per heavy atom. The number of carbonyl (C=O) groups excluding carboxylic acids is 2. The molecule has 1 saturated heterocycles. The molecule has 1 aliphatic rings. The normalized spacial score (nSPS) is 20.1. The van der Waals surface area contributed by atoms with E-state index in [4.69, 9.17) is 0 Å². The molecule has 1 aliphatic heterocycles. The second-order valence-corrected chi connectivity index (χ2v) is 8.42. The van der Waals surface area contributed by atoms with Crippen molar-refractivity contribution in [2.45, 2.75) is 30.6 Å². The number of nitrogens with one attached hydrogen (secondary N) is 2. The highest BCUT2D eigenvalue weighted by Crippen LogP contribution is 2.19. The third kappa shape index (κ3) is 6.18. The van der Waals surface area contributed by atoms with Crippen molar-refractivity contribution in [3.8, 4) is 0 Å². The molecule has 0 aromatic heterocycles. The standard InChI is InChI=1S/C19H27N3O4S/c1-2-12-21-19(24)16-7-6-14-22(15-11-18(23)20-13-10-16)27(25,26)17-8-4-3-5-9-17/h2-5,8-9,16H,1,6-7,10-15H2,(H,20,23)(H,21,24). The summed E-state index contributed by atoms with van der Waals surface area (Å²) in [5.74, 6) is -0.582. The van der Waals surface area contributed by atoms with Crippen molar-refractivity contribution in [1.29, 1.82) is 0 Å². The van der Waals surface area contributed by atoms with E-state index in [-0.39, 0.29) is 42.1 Å². The van der Waals surface area contributed by atoms with Crippen LogP contribution in [0.25, 0.3) is 0 Å². The summed E-state index contributed by atoms with van der Waals surface area (Å²) in [6, 6.07) is 8.20. The number of hydrogen-bond acceptors (Lipinski definition) is 4. The molecule has 0 radical (unpaired) electrons. The molecule has 7 nitrogen and oxygen atoms in total. The summed E-state index contributed by atoms with van der Waals surface area (Å²) in [5, 5.41) is 5.55. The van der Waals surface area contributed by atoms with Gasteiger partial charge < -0.3 is 10.6 Å². The molecule has 2 rings (SSSR count). The second-order valence-electron chi connectivity index (χ2n) is 6.48. The molecule has 1 heterocycles. The monoisotopic (exact) mass is 393 g/mol. The SMILES string of the molecule is C=CCNC(=O)C1CCCN(S(=O)(=O)c2ccccc2)CCC(=O)NCC1. The molecular formula is C19H27N3O4S. The van der Waals surface area contributed by atoms with Crippen LogP contribution in [0.3, 0.4) is 0 Å². The molecule has 0 saturated carbocycles. The van der Waals surface area contributed by atoms with Gasteiger partial charge in [0.15, 0.2) is 0 Å². The molecular weight excluding hydrogens is 366 g/mol. The van der Waals surface area contributed by atoms with Crippen LogP contribution in [-0.4, -0.2) is 50.7 Å². The number of benzene rings is 1. The number of amides is 2. The summed E-state index contributed by atoms with van der Waals surface area (Å²) < 4.78 is 27.1. The molecule has 0 aliphatic carbocycles. The lowest BCUT2D eigenvalue weighted by Crippen LogP contribution is -2.35. The molecule has 1 fully saturated rings. The summed E-state index contributed by atoms with van der Waals surface area (Å²) in [5.41, 5.74) is 0. The van der Waals surface area contributed by atoms with Crippen LogP contribution < -0.4 is 10.6 Å². The molecule has 1 atom stereocenters. The Morgan fingerprint density at radius 1 is 1.26 bits per heavy atom. The third-order valence-electron chi connectivity index (χ3n) is 4.54. The maximum atomic E-state index is 12.9. The lowest BCUT2D eigenvalue weighted by Gasteiger charge is -2.22. The average molecular weight is 394 g/mol. The Hall–Kier alpha value is -2.19. The summed E-state index contributed by atoms with van der Waals surface area (Å²) in [6.45, 7) is 4.76. The van der Waals surface area contributed by atoms with Gasteiger partial charge in [-0.3, -0.25) is 9.59 Å². The molecule has 1 unspecified atom stereocenters. The van der Waals surface area contributed by atoms with E-state index in [2.05, 4.69) is 17.2 Å². The zero-order valence-electron chi connectivity index (χ0n) is 15.4. The Kier molecular flexibility index (Phi) is 7.99. The van der Waals surface area contributed by atoms with Gasteiger partial charge in [0.1, 0.15) is 0 Å². The highest BCUT2D eigenvalue weighted by Gasteiger charge is 2.26. The first-order chi connectivity index (χ1) is 12.9. The van der Waals surface area contributed by atoms with E-state index in [1.165, 1.54) is 4.31 Å². The van der Waals surface area contributed by atoms with Gasteiger partial charge in [0, 0.05) is 38.5 Å². The van der Waals surface area contributed by atoms with Crippen LogP contribution in [0.4, 0.5) is 0 Å². The highest BCUT2D eigenvalue weighted by molar-refractivity contribution is 7.89. The lowest BCUT2D eigenvalue weighted by molar-refractivity contribution is -0.126. The van der Waals surface area contributed by atoms with Crippen LogP contribution in [0.1, 0.15) is 25.7 Å². The first-order valence-electron chi connectivity index (χ1n) is 9.15. The number of carbonyl (C=O) groups is 2. The van der Waals surface area contributed by atoms with Crippen molar-refractivity contribution in [3.63, 3.8) is 0 Å². The van der Waals surface area contributed by atoms with Crippen LogP contribution in [0.15, 0.2) is 47.9 Å². The summed E-state index contributed by atoms with van der Waals surface area (Å²) in [7, 11) is -3.68. The van der Waals surface area contributed by atoms with E-state index in [9.17, 15) is 18.0 Å². The van der Waals surface area contributed by atoms with Gasteiger partial charge >= 0.3 is 0 Å². The van der Waals surface area contributed by atoms with Crippen molar-refractivity contribution in [3.05, 3.63) is 43.0 Å². The van der Waals surface area contributed by atoms with Gasteiger partial charge in [0.05, 0.1) is 4.90 Å². The van der Waals surface area contributed by atoms with Gasteiger partial charge in [-0.05, 0) is 31.4 Å². The molecule has 27 heavy (non-hydrogen) atoms. The minimum absolute atomic E-state index is 0.0964. The van der Waals surface area contributed by atoms with Crippen molar-refractivity contribution >= 4 is 21.8 Å². The molecule has 2 amide bonds. The summed E-state index contributed by atoms with van der Waals surface area (Å²) in [6.07, 6.45) is 3.34. The fourth-order valence-electron chi connectivity index (χ4n) is 3.03. The zero-order chi connectivity index (χ0) is 19.7. The molecule has 148 valence electrons. The maximum Gasteiger partial charge on any atom is 0.243 e. The molecule has 0 bridgehead atoms. The average Bonchev–Trinajstić information content (AvgIpc) is 2.71. The maximum absolute atomic E-state index is 12.9. The number of rotatable bonds is 5. The fourth-order valence-corrected chi connectivity index (χ4v) is 4.53. The van der Waals surface area contributed by atoms with Gasteiger partial charge in [0.2, 0.25) is 21.8 Å². The van der Waals surface area contributed by atoms with E-state index < -0.39 is 10.0 Å². The molecule has 0 spiro atoms. The van der Waals surface area contributed by atoms with E-state index in [0.29, 0.717) is 32.4 Å². The second kappa shape index (κ2) is 10.2. The minimum Gasteiger partial charge on any atom is -0.356 e. The van der Waals surface area contributed by atoms with Gasteiger partial charge in [-0.2, -0.15) is 4.31 Å². The number of sulfonamides is 1. The van der Waals surface area contributed by atoms with Gasteiger partial charge in [-0.15, -0.1) is 6.58 Å². The zero-order valence-corrected chi connectivity index (χ0v) is 16.2. The molecule has 1 aromatic rings. The topological polar surface area (TPSA) is 95.6 Å². The van der Waals surface area contributed by atoms with Crippen molar-refractivity contribution in [1.82, 2.24) is 14.9 Å². The first kappa shape index (κ1) is 21.1.